The fourth-order valence-corrected chi connectivity index (χ4v) is 2.23. The zero-order valence-electron chi connectivity index (χ0n) is 10.2. The van der Waals surface area contributed by atoms with E-state index >= 15 is 0 Å². The summed E-state index contributed by atoms with van der Waals surface area (Å²) in [7, 11) is 0. The molecule has 1 heterocycles. The maximum atomic E-state index is 9.25. The molecule has 1 aliphatic heterocycles. The first-order valence-corrected chi connectivity index (χ1v) is 6.32. The third-order valence-electron chi connectivity index (χ3n) is 3.13. The summed E-state index contributed by atoms with van der Waals surface area (Å²) in [6, 6.07) is 1.01. The number of rotatable bonds is 6. The Bertz CT molecular complexity index is 162. The summed E-state index contributed by atoms with van der Waals surface area (Å²) >= 11 is 0. The average Bonchev–Trinajstić information content (AvgIpc) is 2.24. The minimum Gasteiger partial charge on any atom is -0.395 e. The second-order valence-corrected chi connectivity index (χ2v) is 4.83. The van der Waals surface area contributed by atoms with E-state index in [0.717, 1.165) is 13.1 Å². The smallest absolute Gasteiger partial charge is 0.0586 e. The van der Waals surface area contributed by atoms with Crippen LogP contribution in [0.5, 0.6) is 0 Å². The largest absolute Gasteiger partial charge is 0.395 e. The molecular weight excluding hydrogens is 188 g/mol. The molecule has 0 aromatic heterocycles. The molecule has 2 N–H and O–H groups in total. The molecule has 1 fully saturated rings. The summed E-state index contributed by atoms with van der Waals surface area (Å²) in [4.78, 5) is 2.45. The lowest BCUT2D eigenvalue weighted by atomic mass is 10.0. The Balaban J connectivity index is 2.12. The highest BCUT2D eigenvalue weighted by Crippen LogP contribution is 2.16. The molecule has 0 aliphatic carbocycles. The van der Waals surface area contributed by atoms with Gasteiger partial charge in [-0.25, -0.2) is 0 Å². The van der Waals surface area contributed by atoms with Gasteiger partial charge in [-0.2, -0.15) is 0 Å². The first-order valence-electron chi connectivity index (χ1n) is 6.32. The molecule has 3 heteroatoms. The Morgan fingerprint density at radius 3 is 2.87 bits per heavy atom. The fraction of sp³-hybridized carbons (Fsp3) is 1.00. The zero-order valence-corrected chi connectivity index (χ0v) is 10.2. The van der Waals surface area contributed by atoms with Crippen molar-refractivity contribution >= 4 is 0 Å². The van der Waals surface area contributed by atoms with Crippen molar-refractivity contribution in [1.82, 2.24) is 10.2 Å². The number of likely N-dealkylation sites (tertiary alicyclic amines) is 1. The van der Waals surface area contributed by atoms with Crippen molar-refractivity contribution in [2.75, 3.05) is 26.2 Å². The summed E-state index contributed by atoms with van der Waals surface area (Å²) in [6.45, 7) is 8.08. The van der Waals surface area contributed by atoms with Gasteiger partial charge in [-0.15, -0.1) is 0 Å². The van der Waals surface area contributed by atoms with Crippen molar-refractivity contribution in [2.24, 2.45) is 0 Å². The number of hydrogen-bond donors (Lipinski definition) is 2. The number of nitrogens with zero attached hydrogens (tertiary/aromatic N) is 1. The lowest BCUT2D eigenvalue weighted by molar-refractivity contribution is 0.0891. The monoisotopic (exact) mass is 214 g/mol. The van der Waals surface area contributed by atoms with Crippen LogP contribution >= 0.6 is 0 Å². The Labute approximate surface area is 93.9 Å². The van der Waals surface area contributed by atoms with Gasteiger partial charge in [0, 0.05) is 12.1 Å². The van der Waals surface area contributed by atoms with Gasteiger partial charge in [-0.3, -0.25) is 4.90 Å². The third kappa shape index (κ3) is 4.96. The molecule has 0 aromatic rings. The molecule has 0 radical (unpaired) electrons. The summed E-state index contributed by atoms with van der Waals surface area (Å²) in [6.07, 6.45) is 4.95. The van der Waals surface area contributed by atoms with Crippen LogP contribution in [0.25, 0.3) is 0 Å². The molecule has 1 aliphatic rings. The Morgan fingerprint density at radius 1 is 1.40 bits per heavy atom. The van der Waals surface area contributed by atoms with E-state index in [1.54, 1.807) is 0 Å². The number of piperidine rings is 1. The van der Waals surface area contributed by atoms with Crippen molar-refractivity contribution in [3.8, 4) is 0 Å². The van der Waals surface area contributed by atoms with Crippen LogP contribution in [0.2, 0.25) is 0 Å². The summed E-state index contributed by atoms with van der Waals surface area (Å²) in [5.74, 6) is 0. The van der Waals surface area contributed by atoms with E-state index in [0.29, 0.717) is 18.7 Å². The molecule has 0 aromatic carbocycles. The highest BCUT2D eigenvalue weighted by Gasteiger charge is 2.20. The molecule has 0 amide bonds. The van der Waals surface area contributed by atoms with E-state index in [2.05, 4.69) is 24.1 Å². The van der Waals surface area contributed by atoms with E-state index in [1.807, 2.05) is 0 Å². The predicted octanol–water partition coefficient (Wildman–Crippen LogP) is 1.22. The van der Waals surface area contributed by atoms with Gasteiger partial charge in [-0.05, 0) is 38.9 Å². The van der Waals surface area contributed by atoms with Crippen LogP contribution in [-0.4, -0.2) is 48.3 Å². The van der Waals surface area contributed by atoms with E-state index < -0.39 is 0 Å². The maximum Gasteiger partial charge on any atom is 0.0586 e. The number of aliphatic hydroxyl groups is 1. The third-order valence-corrected chi connectivity index (χ3v) is 3.13. The Hall–Kier alpha value is -0.120. The standard InChI is InChI=1S/C12H26N2O/c1-11(2)13-7-5-9-14-8-4-3-6-12(14)10-15/h11-13,15H,3-10H2,1-2H3. The average molecular weight is 214 g/mol. The van der Waals surface area contributed by atoms with Crippen molar-refractivity contribution in [3.63, 3.8) is 0 Å². The van der Waals surface area contributed by atoms with Gasteiger partial charge >= 0.3 is 0 Å². The molecular formula is C12H26N2O. The minimum absolute atomic E-state index is 0.331. The maximum absolute atomic E-state index is 9.25. The molecule has 1 rings (SSSR count). The number of nitrogens with one attached hydrogen (secondary N) is 1. The molecule has 90 valence electrons. The zero-order chi connectivity index (χ0) is 11.1. The predicted molar refractivity (Wildman–Crippen MR) is 64.1 cm³/mol. The normalized spacial score (nSPS) is 23.6. The van der Waals surface area contributed by atoms with Gasteiger partial charge in [0.05, 0.1) is 6.61 Å². The Morgan fingerprint density at radius 2 is 2.20 bits per heavy atom. The molecule has 0 bridgehead atoms. The topological polar surface area (TPSA) is 35.5 Å². The van der Waals surface area contributed by atoms with Crippen LogP contribution in [0.3, 0.4) is 0 Å². The van der Waals surface area contributed by atoms with Crippen LogP contribution in [0, 0.1) is 0 Å². The van der Waals surface area contributed by atoms with Gasteiger partial charge in [-0.1, -0.05) is 20.3 Å². The van der Waals surface area contributed by atoms with Gasteiger partial charge in [0.25, 0.3) is 0 Å². The van der Waals surface area contributed by atoms with Crippen LogP contribution < -0.4 is 5.32 Å². The van der Waals surface area contributed by atoms with E-state index in [1.165, 1.54) is 32.2 Å². The summed E-state index contributed by atoms with van der Waals surface area (Å²) in [5.41, 5.74) is 0. The van der Waals surface area contributed by atoms with Gasteiger partial charge in [0.1, 0.15) is 0 Å². The minimum atomic E-state index is 0.331. The van der Waals surface area contributed by atoms with E-state index in [4.69, 9.17) is 0 Å². The number of hydrogen-bond acceptors (Lipinski definition) is 3. The molecule has 0 saturated carbocycles. The van der Waals surface area contributed by atoms with Crippen molar-refractivity contribution < 1.29 is 5.11 Å². The first-order chi connectivity index (χ1) is 7.24. The summed E-state index contributed by atoms with van der Waals surface area (Å²) < 4.78 is 0. The second-order valence-electron chi connectivity index (χ2n) is 4.83. The lowest BCUT2D eigenvalue weighted by Gasteiger charge is -2.34. The Kier molecular flexibility index (Phi) is 6.22. The fourth-order valence-electron chi connectivity index (χ4n) is 2.23. The second kappa shape index (κ2) is 7.20. The van der Waals surface area contributed by atoms with E-state index in [9.17, 15) is 5.11 Å². The number of aliphatic hydroxyl groups excluding tert-OH is 1. The highest BCUT2D eigenvalue weighted by molar-refractivity contribution is 4.76. The van der Waals surface area contributed by atoms with Crippen molar-refractivity contribution in [3.05, 3.63) is 0 Å². The van der Waals surface area contributed by atoms with Gasteiger partial charge < -0.3 is 10.4 Å². The molecule has 1 saturated heterocycles. The van der Waals surface area contributed by atoms with E-state index in [-0.39, 0.29) is 0 Å². The van der Waals surface area contributed by atoms with Crippen LogP contribution in [0.1, 0.15) is 39.5 Å². The van der Waals surface area contributed by atoms with Crippen LogP contribution in [0.4, 0.5) is 0 Å². The highest BCUT2D eigenvalue weighted by atomic mass is 16.3. The molecule has 3 nitrogen and oxygen atoms in total. The van der Waals surface area contributed by atoms with Gasteiger partial charge in [0.2, 0.25) is 0 Å². The van der Waals surface area contributed by atoms with Crippen molar-refractivity contribution in [1.29, 1.82) is 0 Å². The van der Waals surface area contributed by atoms with Crippen molar-refractivity contribution in [2.45, 2.75) is 51.6 Å². The molecule has 15 heavy (non-hydrogen) atoms. The van der Waals surface area contributed by atoms with Gasteiger partial charge in [0.15, 0.2) is 0 Å². The molecule has 0 spiro atoms. The van der Waals surface area contributed by atoms with Crippen LogP contribution in [-0.2, 0) is 0 Å². The molecule has 1 unspecified atom stereocenters. The first kappa shape index (κ1) is 12.9. The molecule has 1 atom stereocenters. The lowest BCUT2D eigenvalue weighted by Crippen LogP contribution is -2.43. The summed E-state index contributed by atoms with van der Waals surface area (Å²) in [5, 5.41) is 12.7. The quantitative estimate of drug-likeness (QED) is 0.653. The van der Waals surface area contributed by atoms with Crippen LogP contribution in [0.15, 0.2) is 0 Å². The SMILES string of the molecule is CC(C)NCCCN1CCCCC1CO.